The van der Waals surface area contributed by atoms with Crippen molar-refractivity contribution in [1.29, 1.82) is 0 Å². The van der Waals surface area contributed by atoms with Gasteiger partial charge in [-0.05, 0) is 12.8 Å². The van der Waals surface area contributed by atoms with E-state index in [1.807, 2.05) is 0 Å². The fraction of sp³-hybridized carbons (Fsp3) is 0.571. The molecule has 4 heteroatoms. The largest absolute Gasteiger partial charge is 0.381 e. The molecule has 0 radical (unpaired) electrons. The first-order valence-electron chi connectivity index (χ1n) is 6.29. The van der Waals surface area contributed by atoms with E-state index in [-0.39, 0.29) is 18.5 Å². The van der Waals surface area contributed by atoms with E-state index in [1.54, 1.807) is 18.2 Å². The summed E-state index contributed by atoms with van der Waals surface area (Å²) in [5.74, 6) is -2.85. The summed E-state index contributed by atoms with van der Waals surface area (Å²) in [6, 6.07) is 7.94. The zero-order chi connectivity index (χ0) is 13.1. The molecule has 100 valence electrons. The number of halogens is 2. The maximum absolute atomic E-state index is 14.3. The predicted molar refractivity (Wildman–Crippen MR) is 66.5 cm³/mol. The fourth-order valence-corrected chi connectivity index (χ4v) is 2.54. The summed E-state index contributed by atoms with van der Waals surface area (Å²) < 4.78 is 33.9. The topological polar surface area (TPSA) is 35.2 Å². The Hall–Kier alpha value is -1.00. The second-order valence-electron chi connectivity index (χ2n) is 5.11. The molecule has 2 nitrogen and oxygen atoms in total. The van der Waals surface area contributed by atoms with E-state index >= 15 is 0 Å². The molecule has 1 heterocycles. The van der Waals surface area contributed by atoms with Crippen molar-refractivity contribution >= 4 is 0 Å². The minimum Gasteiger partial charge on any atom is -0.381 e. The molecule has 2 rings (SSSR count). The average Bonchev–Trinajstić information content (AvgIpc) is 2.40. The van der Waals surface area contributed by atoms with E-state index < -0.39 is 11.3 Å². The van der Waals surface area contributed by atoms with Gasteiger partial charge >= 0.3 is 0 Å². The lowest BCUT2D eigenvalue weighted by Crippen LogP contribution is -2.42. The van der Waals surface area contributed by atoms with E-state index in [4.69, 9.17) is 10.5 Å². The predicted octanol–water partition coefficient (Wildman–Crippen LogP) is 2.92. The molecule has 1 aliphatic heterocycles. The second kappa shape index (κ2) is 5.33. The third kappa shape index (κ3) is 2.87. The van der Waals surface area contributed by atoms with Crippen LogP contribution in [0.25, 0.3) is 0 Å². The summed E-state index contributed by atoms with van der Waals surface area (Å²) >= 11 is 0. The average molecular weight is 255 g/mol. The van der Waals surface area contributed by atoms with Crippen LogP contribution in [-0.4, -0.2) is 19.8 Å². The maximum atomic E-state index is 14.3. The Morgan fingerprint density at radius 1 is 1.28 bits per heavy atom. The molecule has 18 heavy (non-hydrogen) atoms. The molecule has 2 N–H and O–H groups in total. The highest BCUT2D eigenvalue weighted by molar-refractivity contribution is 5.20. The molecule has 1 saturated heterocycles. The van der Waals surface area contributed by atoms with Crippen molar-refractivity contribution in [3.8, 4) is 0 Å². The number of benzene rings is 1. The lowest BCUT2D eigenvalue weighted by molar-refractivity contribution is -0.0935. The number of rotatable bonds is 4. The first-order valence-corrected chi connectivity index (χ1v) is 6.29. The van der Waals surface area contributed by atoms with Gasteiger partial charge in [-0.2, -0.15) is 0 Å². The molecule has 0 bridgehead atoms. The van der Waals surface area contributed by atoms with Gasteiger partial charge in [-0.3, -0.25) is 0 Å². The minimum atomic E-state index is -2.85. The van der Waals surface area contributed by atoms with Crippen molar-refractivity contribution < 1.29 is 13.5 Å². The Kier molecular flexibility index (Phi) is 3.97. The molecule has 0 spiro atoms. The molecule has 1 aromatic rings. The lowest BCUT2D eigenvalue weighted by Gasteiger charge is -2.38. The van der Waals surface area contributed by atoms with Crippen LogP contribution in [0.15, 0.2) is 30.3 Å². The first-order chi connectivity index (χ1) is 8.58. The van der Waals surface area contributed by atoms with Gasteiger partial charge in [-0.1, -0.05) is 30.3 Å². The summed E-state index contributed by atoms with van der Waals surface area (Å²) in [5.41, 5.74) is 5.18. The van der Waals surface area contributed by atoms with Crippen LogP contribution in [0.3, 0.4) is 0 Å². The Bertz CT molecular complexity index is 375. The highest BCUT2D eigenvalue weighted by Crippen LogP contribution is 2.43. The van der Waals surface area contributed by atoms with Crippen LogP contribution in [0.5, 0.6) is 0 Å². The quantitative estimate of drug-likeness (QED) is 0.897. The summed E-state index contributed by atoms with van der Waals surface area (Å²) in [6.07, 6.45) is 1.29. The standard InChI is InChI=1S/C14H19F2NO/c15-14(16,12-5-2-1-3-6-12)9-13(10-17)7-4-8-18-11-13/h1-3,5-6H,4,7-11,17H2. The molecule has 0 aromatic heterocycles. The van der Waals surface area contributed by atoms with E-state index in [0.717, 1.165) is 6.42 Å². The third-order valence-electron chi connectivity index (χ3n) is 3.63. The van der Waals surface area contributed by atoms with Gasteiger partial charge in [0.25, 0.3) is 5.92 Å². The van der Waals surface area contributed by atoms with Crippen LogP contribution in [0.2, 0.25) is 0 Å². The zero-order valence-corrected chi connectivity index (χ0v) is 10.4. The molecular weight excluding hydrogens is 236 g/mol. The Morgan fingerprint density at radius 2 is 2.00 bits per heavy atom. The van der Waals surface area contributed by atoms with E-state index in [1.165, 1.54) is 12.1 Å². The molecule has 0 amide bonds. The van der Waals surface area contributed by atoms with Crippen LogP contribution < -0.4 is 5.73 Å². The molecule has 1 unspecified atom stereocenters. The van der Waals surface area contributed by atoms with Gasteiger partial charge in [0.05, 0.1) is 6.61 Å². The number of hydrogen-bond acceptors (Lipinski definition) is 2. The van der Waals surface area contributed by atoms with Gasteiger partial charge in [0, 0.05) is 30.6 Å². The van der Waals surface area contributed by atoms with Crippen LogP contribution in [0.4, 0.5) is 8.78 Å². The smallest absolute Gasteiger partial charge is 0.273 e. The minimum absolute atomic E-state index is 0.0587. The first kappa shape index (κ1) is 13.4. The SMILES string of the molecule is NCC1(CC(F)(F)c2ccccc2)CCCOC1. The maximum Gasteiger partial charge on any atom is 0.273 e. The van der Waals surface area contributed by atoms with E-state index in [2.05, 4.69) is 0 Å². The fourth-order valence-electron chi connectivity index (χ4n) is 2.54. The molecule has 1 aromatic carbocycles. The van der Waals surface area contributed by atoms with Gasteiger partial charge in [-0.25, -0.2) is 8.78 Å². The number of nitrogens with two attached hydrogens (primary N) is 1. The van der Waals surface area contributed by atoms with E-state index in [9.17, 15) is 8.78 Å². The normalized spacial score (nSPS) is 25.1. The van der Waals surface area contributed by atoms with Crippen LogP contribution in [0.1, 0.15) is 24.8 Å². The Balaban J connectivity index is 2.15. The van der Waals surface area contributed by atoms with Crippen molar-refractivity contribution in [3.05, 3.63) is 35.9 Å². The summed E-state index contributed by atoms with van der Waals surface area (Å²) in [4.78, 5) is 0. The van der Waals surface area contributed by atoms with Crippen molar-refractivity contribution in [3.63, 3.8) is 0 Å². The van der Waals surface area contributed by atoms with Gasteiger partial charge < -0.3 is 10.5 Å². The highest BCUT2D eigenvalue weighted by Gasteiger charge is 2.43. The van der Waals surface area contributed by atoms with Crippen LogP contribution >= 0.6 is 0 Å². The van der Waals surface area contributed by atoms with Gasteiger partial charge in [-0.15, -0.1) is 0 Å². The highest BCUT2D eigenvalue weighted by atomic mass is 19.3. The summed E-state index contributed by atoms with van der Waals surface area (Å²) in [7, 11) is 0. The Morgan fingerprint density at radius 3 is 2.56 bits per heavy atom. The molecule has 1 atom stereocenters. The zero-order valence-electron chi connectivity index (χ0n) is 10.4. The van der Waals surface area contributed by atoms with Gasteiger partial charge in [0.15, 0.2) is 0 Å². The van der Waals surface area contributed by atoms with Gasteiger partial charge in [0.1, 0.15) is 0 Å². The van der Waals surface area contributed by atoms with Crippen molar-refractivity contribution in [1.82, 2.24) is 0 Å². The second-order valence-corrected chi connectivity index (χ2v) is 5.11. The summed E-state index contributed by atoms with van der Waals surface area (Å²) in [5, 5.41) is 0. The molecule has 0 aliphatic carbocycles. The third-order valence-corrected chi connectivity index (χ3v) is 3.63. The molecule has 0 saturated carbocycles. The Labute approximate surface area is 106 Å². The summed E-state index contributed by atoms with van der Waals surface area (Å²) in [6.45, 7) is 1.24. The van der Waals surface area contributed by atoms with Crippen molar-refractivity contribution in [2.24, 2.45) is 11.1 Å². The van der Waals surface area contributed by atoms with Crippen molar-refractivity contribution in [2.75, 3.05) is 19.8 Å². The lowest BCUT2D eigenvalue weighted by atomic mass is 9.76. The number of alkyl halides is 2. The monoisotopic (exact) mass is 255 g/mol. The van der Waals surface area contributed by atoms with Crippen molar-refractivity contribution in [2.45, 2.75) is 25.2 Å². The molecule has 1 fully saturated rings. The van der Waals surface area contributed by atoms with Crippen LogP contribution in [0, 0.1) is 5.41 Å². The number of ether oxygens (including phenoxy) is 1. The number of hydrogen-bond donors (Lipinski definition) is 1. The molecular formula is C14H19F2NO. The molecule has 1 aliphatic rings. The van der Waals surface area contributed by atoms with E-state index in [0.29, 0.717) is 19.6 Å². The van der Waals surface area contributed by atoms with Crippen LogP contribution in [-0.2, 0) is 10.7 Å². The van der Waals surface area contributed by atoms with Gasteiger partial charge in [0.2, 0.25) is 0 Å².